The maximum absolute atomic E-state index is 11.4. The molecule has 96 valence electrons. The highest BCUT2D eigenvalue weighted by Crippen LogP contribution is 2.30. The van der Waals surface area contributed by atoms with E-state index in [0.29, 0.717) is 13.0 Å². The number of likely N-dealkylation sites (tertiary alicyclic amines) is 1. The largest absolute Gasteiger partial charge is 0.480 e. The summed E-state index contributed by atoms with van der Waals surface area (Å²) < 4.78 is 1.98. The summed E-state index contributed by atoms with van der Waals surface area (Å²) in [6, 6.07) is 0. The van der Waals surface area contributed by atoms with Gasteiger partial charge in [0.25, 0.3) is 0 Å². The number of nitrogens with zero attached hydrogens (tertiary/aromatic N) is 3. The number of aromatic nitrogens is 2. The first-order valence-electron chi connectivity index (χ1n) is 5.99. The number of fused-ring (bicyclic) bond motifs is 1. The van der Waals surface area contributed by atoms with Crippen molar-refractivity contribution in [3.05, 3.63) is 23.5 Å². The molecule has 1 aliphatic rings. The van der Waals surface area contributed by atoms with Gasteiger partial charge >= 0.3 is 5.97 Å². The lowest BCUT2D eigenvalue weighted by atomic mass is 9.99. The second kappa shape index (κ2) is 4.07. The van der Waals surface area contributed by atoms with Crippen LogP contribution in [0.5, 0.6) is 0 Å². The fourth-order valence-electron chi connectivity index (χ4n) is 2.56. The highest BCUT2D eigenvalue weighted by molar-refractivity contribution is 7.15. The fourth-order valence-corrected chi connectivity index (χ4v) is 3.28. The standard InChI is InChI=1S/C12H15N3O2S/c1-12(10(16)17)3-2-4-15(12)8-9-7-14-5-6-18-11(14)13-9/h5-7H,2-4,8H2,1H3,(H,16,17). The summed E-state index contributed by atoms with van der Waals surface area (Å²) in [5.41, 5.74) is 0.202. The Balaban J connectivity index is 1.83. The Hall–Kier alpha value is -1.40. The minimum Gasteiger partial charge on any atom is -0.480 e. The molecule has 1 fully saturated rings. The van der Waals surface area contributed by atoms with Crippen LogP contribution < -0.4 is 0 Å². The van der Waals surface area contributed by atoms with E-state index in [9.17, 15) is 9.90 Å². The average molecular weight is 265 g/mol. The molecule has 0 aromatic carbocycles. The number of hydrogen-bond donors (Lipinski definition) is 1. The Morgan fingerprint density at radius 2 is 2.50 bits per heavy atom. The van der Waals surface area contributed by atoms with Crippen LogP contribution in [0.1, 0.15) is 25.5 Å². The molecule has 2 aromatic rings. The van der Waals surface area contributed by atoms with Crippen molar-refractivity contribution in [2.24, 2.45) is 0 Å². The molecule has 1 saturated heterocycles. The monoisotopic (exact) mass is 265 g/mol. The molecule has 3 rings (SSSR count). The van der Waals surface area contributed by atoms with Crippen molar-refractivity contribution >= 4 is 22.3 Å². The molecule has 2 aromatic heterocycles. The zero-order valence-corrected chi connectivity index (χ0v) is 11.0. The van der Waals surface area contributed by atoms with Crippen LogP contribution in [0.25, 0.3) is 4.96 Å². The van der Waals surface area contributed by atoms with Crippen molar-refractivity contribution in [2.75, 3.05) is 6.54 Å². The highest BCUT2D eigenvalue weighted by Gasteiger charge is 2.43. The molecule has 5 nitrogen and oxygen atoms in total. The first-order chi connectivity index (χ1) is 8.59. The fraction of sp³-hybridized carbons (Fsp3) is 0.500. The van der Waals surface area contributed by atoms with Crippen molar-refractivity contribution in [3.8, 4) is 0 Å². The van der Waals surface area contributed by atoms with Crippen LogP contribution in [0.15, 0.2) is 17.8 Å². The van der Waals surface area contributed by atoms with Gasteiger partial charge in [-0.2, -0.15) is 0 Å². The molecule has 1 atom stereocenters. The van der Waals surface area contributed by atoms with Crippen LogP contribution in [0.2, 0.25) is 0 Å². The van der Waals surface area contributed by atoms with Crippen molar-refractivity contribution in [2.45, 2.75) is 31.8 Å². The van der Waals surface area contributed by atoms with E-state index in [1.807, 2.05) is 27.1 Å². The number of carboxylic acids is 1. The molecule has 1 unspecified atom stereocenters. The minimum atomic E-state index is -0.739. The molecule has 18 heavy (non-hydrogen) atoms. The van der Waals surface area contributed by atoms with Gasteiger partial charge in [0.15, 0.2) is 4.96 Å². The van der Waals surface area contributed by atoms with Crippen LogP contribution in [-0.4, -0.2) is 37.4 Å². The van der Waals surface area contributed by atoms with Crippen molar-refractivity contribution < 1.29 is 9.90 Å². The Morgan fingerprint density at radius 1 is 1.67 bits per heavy atom. The summed E-state index contributed by atoms with van der Waals surface area (Å²) in [5, 5.41) is 11.3. The van der Waals surface area contributed by atoms with E-state index in [1.54, 1.807) is 18.3 Å². The average Bonchev–Trinajstić information content (AvgIpc) is 2.95. The zero-order valence-electron chi connectivity index (χ0n) is 10.2. The second-order valence-electron chi connectivity index (χ2n) is 4.93. The second-order valence-corrected chi connectivity index (χ2v) is 5.80. The molecule has 0 amide bonds. The van der Waals surface area contributed by atoms with Crippen LogP contribution in [-0.2, 0) is 11.3 Å². The maximum Gasteiger partial charge on any atom is 0.323 e. The maximum atomic E-state index is 11.4. The molecule has 3 heterocycles. The quantitative estimate of drug-likeness (QED) is 0.920. The van der Waals surface area contributed by atoms with Gasteiger partial charge in [-0.25, -0.2) is 4.98 Å². The van der Waals surface area contributed by atoms with Crippen molar-refractivity contribution in [1.82, 2.24) is 14.3 Å². The predicted octanol–water partition coefficient (Wildman–Crippen LogP) is 1.83. The van der Waals surface area contributed by atoms with Gasteiger partial charge in [-0.3, -0.25) is 14.1 Å². The number of thiazole rings is 1. The van der Waals surface area contributed by atoms with Gasteiger partial charge in [0.2, 0.25) is 0 Å². The molecule has 0 saturated carbocycles. The molecular formula is C12H15N3O2S. The molecule has 0 spiro atoms. The molecule has 6 heteroatoms. The van der Waals surface area contributed by atoms with E-state index in [0.717, 1.165) is 23.6 Å². The van der Waals surface area contributed by atoms with Crippen molar-refractivity contribution in [3.63, 3.8) is 0 Å². The van der Waals surface area contributed by atoms with Crippen LogP contribution in [0, 0.1) is 0 Å². The number of rotatable bonds is 3. The Morgan fingerprint density at radius 3 is 3.22 bits per heavy atom. The third-order valence-corrected chi connectivity index (χ3v) is 4.52. The van der Waals surface area contributed by atoms with Gasteiger partial charge in [0, 0.05) is 24.3 Å². The SMILES string of the molecule is CC1(C(=O)O)CCCN1Cc1cn2ccsc2n1. The van der Waals surface area contributed by atoms with E-state index >= 15 is 0 Å². The van der Waals surface area contributed by atoms with E-state index in [1.165, 1.54) is 0 Å². The smallest absolute Gasteiger partial charge is 0.323 e. The number of carboxylic acid groups (broad SMARTS) is 1. The van der Waals surface area contributed by atoms with Gasteiger partial charge in [-0.1, -0.05) is 0 Å². The van der Waals surface area contributed by atoms with Crippen molar-refractivity contribution in [1.29, 1.82) is 0 Å². The van der Waals surface area contributed by atoms with Gasteiger partial charge in [-0.05, 0) is 26.3 Å². The van der Waals surface area contributed by atoms with Crippen LogP contribution in [0.3, 0.4) is 0 Å². The van der Waals surface area contributed by atoms with E-state index in [4.69, 9.17) is 0 Å². The van der Waals surface area contributed by atoms with Crippen LogP contribution in [0.4, 0.5) is 0 Å². The number of carbonyl (C=O) groups is 1. The van der Waals surface area contributed by atoms with Gasteiger partial charge in [0.1, 0.15) is 5.54 Å². The molecule has 0 radical (unpaired) electrons. The molecular weight excluding hydrogens is 250 g/mol. The molecule has 1 N–H and O–H groups in total. The lowest BCUT2D eigenvalue weighted by Crippen LogP contribution is -2.47. The van der Waals surface area contributed by atoms with Gasteiger partial charge in [-0.15, -0.1) is 11.3 Å². The summed E-state index contributed by atoms with van der Waals surface area (Å²) in [4.78, 5) is 18.9. The number of aliphatic carboxylic acids is 1. The first kappa shape index (κ1) is 11.7. The lowest BCUT2D eigenvalue weighted by molar-refractivity contribution is -0.148. The molecule has 0 bridgehead atoms. The third-order valence-electron chi connectivity index (χ3n) is 3.75. The Bertz CT molecular complexity index is 562. The number of hydrogen-bond acceptors (Lipinski definition) is 4. The lowest BCUT2D eigenvalue weighted by Gasteiger charge is -2.30. The normalized spacial score (nSPS) is 24.9. The van der Waals surface area contributed by atoms with Gasteiger partial charge in [0.05, 0.1) is 5.69 Å². The third kappa shape index (κ3) is 1.72. The molecule has 1 aliphatic heterocycles. The first-order valence-corrected chi connectivity index (χ1v) is 6.87. The van der Waals surface area contributed by atoms with E-state index < -0.39 is 11.5 Å². The highest BCUT2D eigenvalue weighted by atomic mass is 32.1. The van der Waals surface area contributed by atoms with E-state index in [2.05, 4.69) is 4.98 Å². The van der Waals surface area contributed by atoms with E-state index in [-0.39, 0.29) is 0 Å². The minimum absolute atomic E-state index is 0.608. The summed E-state index contributed by atoms with van der Waals surface area (Å²) in [6.45, 7) is 3.24. The summed E-state index contributed by atoms with van der Waals surface area (Å²) in [5.74, 6) is -0.735. The van der Waals surface area contributed by atoms with Gasteiger partial charge < -0.3 is 5.11 Å². The summed E-state index contributed by atoms with van der Waals surface area (Å²) in [6.07, 6.45) is 5.60. The predicted molar refractivity (Wildman–Crippen MR) is 68.8 cm³/mol. The Kier molecular flexibility index (Phi) is 2.64. The molecule has 0 aliphatic carbocycles. The number of imidazole rings is 1. The summed E-state index contributed by atoms with van der Waals surface area (Å²) >= 11 is 1.59. The van der Waals surface area contributed by atoms with Crippen LogP contribution >= 0.6 is 11.3 Å². The Labute approximate surface area is 109 Å². The zero-order chi connectivity index (χ0) is 12.8. The summed E-state index contributed by atoms with van der Waals surface area (Å²) in [7, 11) is 0. The topological polar surface area (TPSA) is 57.8 Å².